The Balaban J connectivity index is 1.20. The summed E-state index contributed by atoms with van der Waals surface area (Å²) < 4.78 is 7.35. The average molecular weight is 469 g/mol. The van der Waals surface area contributed by atoms with Crippen LogP contribution in [-0.2, 0) is 16.6 Å². The maximum absolute atomic E-state index is 12.3. The topological polar surface area (TPSA) is 100 Å². The van der Waals surface area contributed by atoms with Crippen molar-refractivity contribution >= 4 is 34.8 Å². The van der Waals surface area contributed by atoms with Gasteiger partial charge in [0.05, 0.1) is 5.52 Å². The molecule has 0 aliphatic carbocycles. The van der Waals surface area contributed by atoms with Crippen LogP contribution in [0.3, 0.4) is 0 Å². The third kappa shape index (κ3) is 4.59. The van der Waals surface area contributed by atoms with E-state index in [9.17, 15) is 14.4 Å². The summed E-state index contributed by atoms with van der Waals surface area (Å²) in [5, 5.41) is 7.84. The summed E-state index contributed by atoms with van der Waals surface area (Å²) in [5.74, 6) is 0.753. The van der Waals surface area contributed by atoms with Crippen LogP contribution in [0.2, 0.25) is 0 Å². The van der Waals surface area contributed by atoms with Crippen LogP contribution in [0.5, 0.6) is 0 Å². The molecule has 182 valence electrons. The lowest BCUT2D eigenvalue weighted by Crippen LogP contribution is -2.49. The van der Waals surface area contributed by atoms with Gasteiger partial charge in [0.15, 0.2) is 5.82 Å². The van der Waals surface area contributed by atoms with Gasteiger partial charge in [-0.3, -0.25) is 24.6 Å². The molecule has 3 saturated heterocycles. The number of piperidine rings is 2. The van der Waals surface area contributed by atoms with Crippen LogP contribution < -0.4 is 10.2 Å². The number of benzene rings is 1. The number of carbonyl (C=O) groups excluding carboxylic acids is 3. The van der Waals surface area contributed by atoms with E-state index in [2.05, 4.69) is 27.4 Å². The number of anilines is 1. The SMILES string of the molecule is Cn1nc(N2CCC(=O)NC2=O)c2ccc(C3CCN(COC(=O)N4CCCCC4)CC3)cc21. The number of hydrogen-bond donors (Lipinski definition) is 1. The van der Waals surface area contributed by atoms with E-state index in [1.807, 2.05) is 18.0 Å². The van der Waals surface area contributed by atoms with Crippen LogP contribution in [0, 0.1) is 0 Å². The van der Waals surface area contributed by atoms with Crippen molar-refractivity contribution in [1.29, 1.82) is 0 Å². The fourth-order valence-electron chi connectivity index (χ4n) is 5.18. The Hall–Kier alpha value is -3.14. The molecule has 0 saturated carbocycles. The number of fused-ring (bicyclic) bond motifs is 1. The molecule has 10 nitrogen and oxygen atoms in total. The van der Waals surface area contributed by atoms with E-state index in [-0.39, 0.29) is 18.4 Å². The number of amides is 4. The Morgan fingerprint density at radius 2 is 1.85 bits per heavy atom. The molecule has 1 N–H and O–H groups in total. The summed E-state index contributed by atoms with van der Waals surface area (Å²) in [5.41, 5.74) is 2.22. The van der Waals surface area contributed by atoms with Crippen molar-refractivity contribution < 1.29 is 19.1 Å². The van der Waals surface area contributed by atoms with Crippen LogP contribution in [-0.4, -0.2) is 77.1 Å². The lowest BCUT2D eigenvalue weighted by Gasteiger charge is -2.33. The minimum atomic E-state index is -0.423. The van der Waals surface area contributed by atoms with E-state index < -0.39 is 6.03 Å². The number of imide groups is 1. The summed E-state index contributed by atoms with van der Waals surface area (Å²) in [6.45, 7) is 4.06. The van der Waals surface area contributed by atoms with Crippen LogP contribution in [0.25, 0.3) is 10.9 Å². The molecule has 3 aliphatic rings. The number of aryl methyl sites for hydroxylation is 1. The molecule has 2 aromatic rings. The standard InChI is InChI=1S/C24H32N6O4/c1-27-20-15-18(5-6-19(20)22(26-27)30-14-9-21(31)25-23(30)32)17-7-12-28(13-8-17)16-34-24(33)29-10-3-2-4-11-29/h5-6,15,17H,2-4,7-14,16H2,1H3,(H,25,31,32). The lowest BCUT2D eigenvalue weighted by atomic mass is 9.89. The molecule has 0 atom stereocenters. The first kappa shape index (κ1) is 22.6. The molecular formula is C24H32N6O4. The zero-order valence-electron chi connectivity index (χ0n) is 19.7. The van der Waals surface area contributed by atoms with Crippen LogP contribution >= 0.6 is 0 Å². The second kappa shape index (κ2) is 9.61. The van der Waals surface area contributed by atoms with Crippen molar-refractivity contribution in [2.45, 2.75) is 44.4 Å². The van der Waals surface area contributed by atoms with Gasteiger partial charge in [-0.25, -0.2) is 9.59 Å². The predicted molar refractivity (Wildman–Crippen MR) is 127 cm³/mol. The summed E-state index contributed by atoms with van der Waals surface area (Å²) in [6.07, 6.45) is 5.39. The first-order chi connectivity index (χ1) is 16.5. The molecule has 3 fully saturated rings. The Bertz CT molecular complexity index is 1080. The molecule has 0 bridgehead atoms. The van der Waals surface area contributed by atoms with Crippen molar-refractivity contribution in [2.75, 3.05) is 44.4 Å². The van der Waals surface area contributed by atoms with Gasteiger partial charge >= 0.3 is 12.1 Å². The van der Waals surface area contributed by atoms with E-state index in [1.165, 1.54) is 16.9 Å². The van der Waals surface area contributed by atoms with Gasteiger partial charge in [0.1, 0.15) is 6.73 Å². The summed E-state index contributed by atoms with van der Waals surface area (Å²) >= 11 is 0. The maximum atomic E-state index is 12.3. The number of nitrogens with one attached hydrogen (secondary N) is 1. The molecule has 34 heavy (non-hydrogen) atoms. The van der Waals surface area contributed by atoms with Crippen LogP contribution in [0.4, 0.5) is 15.4 Å². The van der Waals surface area contributed by atoms with Gasteiger partial charge in [-0.2, -0.15) is 5.10 Å². The number of rotatable bonds is 4. The van der Waals surface area contributed by atoms with Crippen molar-refractivity contribution in [3.63, 3.8) is 0 Å². The summed E-state index contributed by atoms with van der Waals surface area (Å²) in [6, 6.07) is 5.89. The number of likely N-dealkylation sites (tertiary alicyclic amines) is 2. The van der Waals surface area contributed by atoms with Crippen molar-refractivity contribution in [2.24, 2.45) is 7.05 Å². The van der Waals surface area contributed by atoms with E-state index >= 15 is 0 Å². The van der Waals surface area contributed by atoms with E-state index in [4.69, 9.17) is 4.74 Å². The maximum Gasteiger partial charge on any atom is 0.411 e. The Morgan fingerprint density at radius 1 is 1.09 bits per heavy atom. The molecule has 1 aromatic heterocycles. The van der Waals surface area contributed by atoms with Gasteiger partial charge in [0, 0.05) is 51.6 Å². The Morgan fingerprint density at radius 3 is 2.59 bits per heavy atom. The molecule has 0 unspecified atom stereocenters. The molecule has 4 heterocycles. The molecule has 10 heteroatoms. The number of carbonyl (C=O) groups is 3. The van der Waals surface area contributed by atoms with Gasteiger partial charge in [-0.15, -0.1) is 0 Å². The highest BCUT2D eigenvalue weighted by Crippen LogP contribution is 2.33. The molecule has 1 aromatic carbocycles. The van der Waals surface area contributed by atoms with Gasteiger partial charge in [0.25, 0.3) is 0 Å². The zero-order chi connectivity index (χ0) is 23.7. The van der Waals surface area contributed by atoms with Crippen molar-refractivity contribution in [3.05, 3.63) is 23.8 Å². The second-order valence-corrected chi connectivity index (χ2v) is 9.46. The smallest absolute Gasteiger partial charge is 0.411 e. The molecule has 0 spiro atoms. The monoisotopic (exact) mass is 468 g/mol. The molecule has 5 rings (SSSR count). The van der Waals surface area contributed by atoms with E-state index in [0.717, 1.165) is 62.8 Å². The zero-order valence-corrected chi connectivity index (χ0v) is 19.7. The fraction of sp³-hybridized carbons (Fsp3) is 0.583. The normalized spacial score (nSPS) is 20.6. The Labute approximate surface area is 198 Å². The van der Waals surface area contributed by atoms with Gasteiger partial charge in [0.2, 0.25) is 5.91 Å². The van der Waals surface area contributed by atoms with Crippen LogP contribution in [0.15, 0.2) is 18.2 Å². The minimum Gasteiger partial charge on any atom is -0.433 e. The average Bonchev–Trinajstić information content (AvgIpc) is 3.19. The quantitative estimate of drug-likeness (QED) is 0.741. The van der Waals surface area contributed by atoms with Gasteiger partial charge in [-0.1, -0.05) is 6.07 Å². The minimum absolute atomic E-state index is 0.189. The highest BCUT2D eigenvalue weighted by atomic mass is 16.6. The lowest BCUT2D eigenvalue weighted by molar-refractivity contribution is -0.120. The molecule has 3 aliphatic heterocycles. The largest absolute Gasteiger partial charge is 0.433 e. The number of ether oxygens (including phenoxy) is 1. The first-order valence-electron chi connectivity index (χ1n) is 12.2. The first-order valence-corrected chi connectivity index (χ1v) is 12.2. The Kier molecular flexibility index (Phi) is 6.40. The van der Waals surface area contributed by atoms with E-state index in [1.54, 1.807) is 4.68 Å². The summed E-state index contributed by atoms with van der Waals surface area (Å²) in [4.78, 5) is 41.6. The summed E-state index contributed by atoms with van der Waals surface area (Å²) in [7, 11) is 1.88. The molecular weight excluding hydrogens is 436 g/mol. The molecule has 4 amide bonds. The van der Waals surface area contributed by atoms with Gasteiger partial charge in [-0.05, 0) is 55.7 Å². The highest BCUT2D eigenvalue weighted by molar-refractivity contribution is 6.08. The number of aromatic nitrogens is 2. The second-order valence-electron chi connectivity index (χ2n) is 9.46. The van der Waals surface area contributed by atoms with E-state index in [0.29, 0.717) is 25.0 Å². The predicted octanol–water partition coefficient (Wildman–Crippen LogP) is 2.78. The van der Waals surface area contributed by atoms with Gasteiger partial charge < -0.3 is 9.64 Å². The number of nitrogens with zero attached hydrogens (tertiary/aromatic N) is 5. The van der Waals surface area contributed by atoms with Crippen molar-refractivity contribution in [1.82, 2.24) is 24.9 Å². The molecule has 0 radical (unpaired) electrons. The van der Waals surface area contributed by atoms with Crippen LogP contribution in [0.1, 0.15) is 50.0 Å². The highest BCUT2D eigenvalue weighted by Gasteiger charge is 2.29. The fourth-order valence-corrected chi connectivity index (χ4v) is 5.18. The third-order valence-corrected chi connectivity index (χ3v) is 7.21. The number of urea groups is 1. The number of hydrogen-bond acceptors (Lipinski definition) is 6. The van der Waals surface area contributed by atoms with Crippen molar-refractivity contribution in [3.8, 4) is 0 Å². The third-order valence-electron chi connectivity index (χ3n) is 7.21.